The summed E-state index contributed by atoms with van der Waals surface area (Å²) in [5, 5.41) is 3.47. The van der Waals surface area contributed by atoms with Gasteiger partial charge in [0.2, 0.25) is 0 Å². The number of piperidine rings is 1. The molecule has 1 N–H and O–H groups in total. The van der Waals surface area contributed by atoms with Crippen LogP contribution in [0.4, 0.5) is 8.78 Å². The average molecular weight is 268 g/mol. The molecule has 0 radical (unpaired) electrons. The average Bonchev–Trinajstić information content (AvgIpc) is 2.42. The maximum absolute atomic E-state index is 13.8. The van der Waals surface area contributed by atoms with E-state index in [4.69, 9.17) is 0 Å². The minimum atomic E-state index is -0.770. The molecule has 1 aromatic carbocycles. The molecular formula is C15H22F2N2. The largest absolute Gasteiger partial charge is 0.313 e. The van der Waals surface area contributed by atoms with Crippen molar-refractivity contribution < 1.29 is 8.78 Å². The van der Waals surface area contributed by atoms with Gasteiger partial charge in [-0.3, -0.25) is 4.90 Å². The third kappa shape index (κ3) is 3.51. The fraction of sp³-hybridized carbons (Fsp3) is 0.600. The van der Waals surface area contributed by atoms with Crippen LogP contribution in [0.2, 0.25) is 0 Å². The van der Waals surface area contributed by atoms with E-state index in [0.29, 0.717) is 11.6 Å². The Morgan fingerprint density at radius 3 is 2.84 bits per heavy atom. The number of halogens is 2. The zero-order valence-corrected chi connectivity index (χ0v) is 11.6. The van der Waals surface area contributed by atoms with Crippen molar-refractivity contribution in [1.82, 2.24) is 10.2 Å². The fourth-order valence-electron chi connectivity index (χ4n) is 2.67. The molecule has 1 heterocycles. The van der Waals surface area contributed by atoms with Gasteiger partial charge in [-0.15, -0.1) is 0 Å². The van der Waals surface area contributed by atoms with Crippen LogP contribution in [0.25, 0.3) is 0 Å². The SMILES string of the molecule is CC(c1cccc(F)c1F)N(C)CC1CCCCN1. The van der Waals surface area contributed by atoms with E-state index in [-0.39, 0.29) is 6.04 Å². The lowest BCUT2D eigenvalue weighted by atomic mass is 10.0. The third-order valence-corrected chi connectivity index (χ3v) is 4.01. The zero-order valence-electron chi connectivity index (χ0n) is 11.6. The minimum absolute atomic E-state index is 0.126. The Morgan fingerprint density at radius 1 is 1.37 bits per heavy atom. The maximum atomic E-state index is 13.8. The second-order valence-corrected chi connectivity index (χ2v) is 5.41. The Kier molecular flexibility index (Phi) is 4.88. The molecule has 0 saturated carbocycles. The lowest BCUT2D eigenvalue weighted by Gasteiger charge is -2.32. The highest BCUT2D eigenvalue weighted by Crippen LogP contribution is 2.24. The van der Waals surface area contributed by atoms with Crippen molar-refractivity contribution in [3.8, 4) is 0 Å². The first-order valence-electron chi connectivity index (χ1n) is 6.97. The van der Waals surface area contributed by atoms with Gasteiger partial charge in [0, 0.05) is 24.2 Å². The van der Waals surface area contributed by atoms with Crippen LogP contribution in [0, 0.1) is 11.6 Å². The molecule has 2 atom stereocenters. The molecule has 106 valence electrons. The van der Waals surface area contributed by atoms with Crippen molar-refractivity contribution >= 4 is 0 Å². The summed E-state index contributed by atoms with van der Waals surface area (Å²) in [5.74, 6) is -1.49. The van der Waals surface area contributed by atoms with Crippen molar-refractivity contribution in [2.75, 3.05) is 20.1 Å². The molecule has 1 aliphatic heterocycles. The standard InChI is InChI=1S/C15H22F2N2/c1-11(13-7-5-8-14(16)15(13)17)19(2)10-12-6-3-4-9-18-12/h5,7-8,11-12,18H,3-4,6,9-10H2,1-2H3. The topological polar surface area (TPSA) is 15.3 Å². The van der Waals surface area contributed by atoms with E-state index >= 15 is 0 Å². The summed E-state index contributed by atoms with van der Waals surface area (Å²) >= 11 is 0. The predicted octanol–water partition coefficient (Wildman–Crippen LogP) is 3.10. The van der Waals surface area contributed by atoms with Gasteiger partial charge in [0.1, 0.15) is 0 Å². The van der Waals surface area contributed by atoms with Gasteiger partial charge in [-0.2, -0.15) is 0 Å². The number of benzene rings is 1. The Labute approximate surface area is 113 Å². The van der Waals surface area contributed by atoms with E-state index in [9.17, 15) is 8.78 Å². The summed E-state index contributed by atoms with van der Waals surface area (Å²) in [7, 11) is 1.96. The highest BCUT2D eigenvalue weighted by molar-refractivity contribution is 5.22. The molecule has 1 aromatic rings. The van der Waals surface area contributed by atoms with Crippen molar-refractivity contribution in [2.24, 2.45) is 0 Å². The molecule has 2 nitrogen and oxygen atoms in total. The smallest absolute Gasteiger partial charge is 0.163 e. The first-order chi connectivity index (χ1) is 9.09. The fourth-order valence-corrected chi connectivity index (χ4v) is 2.67. The quantitative estimate of drug-likeness (QED) is 0.902. The number of hydrogen-bond donors (Lipinski definition) is 1. The van der Waals surface area contributed by atoms with E-state index in [1.54, 1.807) is 12.1 Å². The third-order valence-electron chi connectivity index (χ3n) is 4.01. The summed E-state index contributed by atoms with van der Waals surface area (Å²) in [6, 6.07) is 4.72. The molecule has 1 aliphatic rings. The molecule has 2 unspecified atom stereocenters. The van der Waals surface area contributed by atoms with E-state index in [0.717, 1.165) is 25.6 Å². The molecule has 1 saturated heterocycles. The van der Waals surface area contributed by atoms with Crippen LogP contribution < -0.4 is 5.32 Å². The Balaban J connectivity index is 2.01. The first kappa shape index (κ1) is 14.4. The highest BCUT2D eigenvalue weighted by Gasteiger charge is 2.21. The summed E-state index contributed by atoms with van der Waals surface area (Å²) in [5.41, 5.74) is 0.429. The Bertz CT molecular complexity index is 417. The van der Waals surface area contributed by atoms with E-state index in [2.05, 4.69) is 10.2 Å². The van der Waals surface area contributed by atoms with E-state index in [1.807, 2.05) is 14.0 Å². The molecule has 1 fully saturated rings. The van der Waals surface area contributed by atoms with Crippen LogP contribution in [0.1, 0.15) is 37.8 Å². The second kappa shape index (κ2) is 6.44. The number of likely N-dealkylation sites (N-methyl/N-ethyl adjacent to an activating group) is 1. The van der Waals surface area contributed by atoms with Crippen LogP contribution in [0.15, 0.2) is 18.2 Å². The van der Waals surface area contributed by atoms with Crippen molar-refractivity contribution in [2.45, 2.75) is 38.3 Å². The monoisotopic (exact) mass is 268 g/mol. The normalized spacial score (nSPS) is 21.6. The molecule has 0 amide bonds. The summed E-state index contributed by atoms with van der Waals surface area (Å²) < 4.78 is 27.0. The molecule has 0 spiro atoms. The zero-order chi connectivity index (χ0) is 13.8. The predicted molar refractivity (Wildman–Crippen MR) is 73.0 cm³/mol. The van der Waals surface area contributed by atoms with Gasteiger partial charge in [0.15, 0.2) is 11.6 Å². The van der Waals surface area contributed by atoms with Crippen LogP contribution in [0.5, 0.6) is 0 Å². The van der Waals surface area contributed by atoms with Gasteiger partial charge in [0.05, 0.1) is 0 Å². The van der Waals surface area contributed by atoms with Gasteiger partial charge < -0.3 is 5.32 Å². The van der Waals surface area contributed by atoms with Crippen LogP contribution in [-0.2, 0) is 0 Å². The number of nitrogens with zero attached hydrogens (tertiary/aromatic N) is 1. The van der Waals surface area contributed by atoms with E-state index < -0.39 is 11.6 Å². The van der Waals surface area contributed by atoms with Gasteiger partial charge in [-0.25, -0.2) is 8.78 Å². The second-order valence-electron chi connectivity index (χ2n) is 5.41. The van der Waals surface area contributed by atoms with Gasteiger partial charge in [-0.1, -0.05) is 18.6 Å². The van der Waals surface area contributed by atoms with Crippen LogP contribution >= 0.6 is 0 Å². The molecule has 19 heavy (non-hydrogen) atoms. The molecule has 0 aromatic heterocycles. The summed E-state index contributed by atoms with van der Waals surface area (Å²) in [6.45, 7) is 3.83. The Morgan fingerprint density at radius 2 is 2.16 bits per heavy atom. The highest BCUT2D eigenvalue weighted by atomic mass is 19.2. The van der Waals surface area contributed by atoms with Gasteiger partial charge in [-0.05, 0) is 39.4 Å². The number of rotatable bonds is 4. The molecule has 4 heteroatoms. The van der Waals surface area contributed by atoms with Gasteiger partial charge >= 0.3 is 0 Å². The van der Waals surface area contributed by atoms with Crippen LogP contribution in [-0.4, -0.2) is 31.1 Å². The summed E-state index contributed by atoms with van der Waals surface area (Å²) in [4.78, 5) is 2.08. The molecular weight excluding hydrogens is 246 g/mol. The molecule has 2 rings (SSSR count). The lowest BCUT2D eigenvalue weighted by Crippen LogP contribution is -2.43. The van der Waals surface area contributed by atoms with Crippen LogP contribution in [0.3, 0.4) is 0 Å². The molecule has 0 aliphatic carbocycles. The van der Waals surface area contributed by atoms with Crippen molar-refractivity contribution in [1.29, 1.82) is 0 Å². The molecule has 0 bridgehead atoms. The van der Waals surface area contributed by atoms with E-state index in [1.165, 1.54) is 12.8 Å². The number of nitrogens with one attached hydrogen (secondary N) is 1. The first-order valence-corrected chi connectivity index (χ1v) is 6.97. The number of hydrogen-bond acceptors (Lipinski definition) is 2. The minimum Gasteiger partial charge on any atom is -0.313 e. The van der Waals surface area contributed by atoms with Gasteiger partial charge in [0.25, 0.3) is 0 Å². The maximum Gasteiger partial charge on any atom is 0.163 e. The van der Waals surface area contributed by atoms with Crippen molar-refractivity contribution in [3.63, 3.8) is 0 Å². The lowest BCUT2D eigenvalue weighted by molar-refractivity contribution is 0.210. The summed E-state index contributed by atoms with van der Waals surface area (Å²) in [6.07, 6.45) is 3.63. The Hall–Kier alpha value is -1.00. The van der Waals surface area contributed by atoms with Crippen molar-refractivity contribution in [3.05, 3.63) is 35.4 Å².